The van der Waals surface area contributed by atoms with E-state index in [1.165, 1.54) is 0 Å². The fourth-order valence-corrected chi connectivity index (χ4v) is 3.92. The maximum absolute atomic E-state index is 11.8. The number of likely N-dealkylation sites (N-methyl/N-ethyl adjacent to an activating group) is 1. The monoisotopic (exact) mass is 347 g/mol. The molecule has 1 aromatic rings. The molecule has 6 nitrogen and oxygen atoms in total. The van der Waals surface area contributed by atoms with Gasteiger partial charge in [-0.1, -0.05) is 6.07 Å². The van der Waals surface area contributed by atoms with Gasteiger partial charge in [-0.15, -0.1) is 0 Å². The Balaban J connectivity index is 1.63. The van der Waals surface area contributed by atoms with Gasteiger partial charge in [0.2, 0.25) is 5.91 Å². The van der Waals surface area contributed by atoms with Gasteiger partial charge < -0.3 is 14.4 Å². The van der Waals surface area contributed by atoms with Crippen LogP contribution in [0.15, 0.2) is 24.4 Å². The quantitative estimate of drug-likeness (QED) is 0.782. The molecule has 2 atom stereocenters. The zero-order chi connectivity index (χ0) is 17.7. The minimum absolute atomic E-state index is 0.00540. The summed E-state index contributed by atoms with van der Waals surface area (Å²) in [6.45, 7) is 4.36. The summed E-state index contributed by atoms with van der Waals surface area (Å²) in [5.41, 5.74) is 1.08. The van der Waals surface area contributed by atoms with Gasteiger partial charge in [0.1, 0.15) is 6.61 Å². The van der Waals surface area contributed by atoms with Gasteiger partial charge in [-0.05, 0) is 31.4 Å². The summed E-state index contributed by atoms with van der Waals surface area (Å²) in [6.07, 6.45) is 5.23. The van der Waals surface area contributed by atoms with E-state index < -0.39 is 0 Å². The molecule has 2 aliphatic heterocycles. The molecule has 6 heteroatoms. The number of ether oxygens (including phenoxy) is 2. The van der Waals surface area contributed by atoms with Crippen molar-refractivity contribution in [1.29, 1.82) is 0 Å². The van der Waals surface area contributed by atoms with Crippen molar-refractivity contribution in [2.45, 2.75) is 31.9 Å². The van der Waals surface area contributed by atoms with E-state index in [9.17, 15) is 4.79 Å². The van der Waals surface area contributed by atoms with Crippen LogP contribution in [-0.2, 0) is 20.8 Å². The Labute approximate surface area is 150 Å². The molecule has 25 heavy (non-hydrogen) atoms. The fourth-order valence-electron chi connectivity index (χ4n) is 3.92. The van der Waals surface area contributed by atoms with Crippen LogP contribution in [0.2, 0.25) is 0 Å². The van der Waals surface area contributed by atoms with Crippen molar-refractivity contribution in [2.24, 2.45) is 5.41 Å². The van der Waals surface area contributed by atoms with Gasteiger partial charge in [-0.25, -0.2) is 0 Å². The van der Waals surface area contributed by atoms with Crippen LogP contribution < -0.4 is 0 Å². The largest absolute Gasteiger partial charge is 0.377 e. The third kappa shape index (κ3) is 4.57. The molecule has 0 radical (unpaired) electrons. The van der Waals surface area contributed by atoms with Crippen LogP contribution in [0.5, 0.6) is 0 Å². The second-order valence-corrected chi connectivity index (χ2v) is 7.43. The number of hydrogen-bond acceptors (Lipinski definition) is 5. The normalized spacial score (nSPS) is 26.9. The molecule has 2 aliphatic rings. The highest BCUT2D eigenvalue weighted by Gasteiger charge is 2.46. The Hall–Kier alpha value is -1.50. The molecule has 0 saturated carbocycles. The Morgan fingerprint density at radius 3 is 3.12 bits per heavy atom. The molecule has 0 aliphatic carbocycles. The van der Waals surface area contributed by atoms with Crippen LogP contribution in [0.3, 0.4) is 0 Å². The number of amides is 1. The average molecular weight is 347 g/mol. The van der Waals surface area contributed by atoms with Crippen molar-refractivity contribution in [3.05, 3.63) is 30.1 Å². The lowest BCUT2D eigenvalue weighted by Gasteiger charge is -2.50. The molecule has 3 heterocycles. The minimum atomic E-state index is -0.0160. The van der Waals surface area contributed by atoms with Gasteiger partial charge in [0.25, 0.3) is 0 Å². The summed E-state index contributed by atoms with van der Waals surface area (Å²) in [5, 5.41) is 0. The standard InChI is InChI=1S/C19H29N3O3/c1-21(2)18(23)13-24-15-19-8-5-11-25-17(19)7-10-22(14-19)12-16-6-3-4-9-20-16/h3-4,6,9,17H,5,7-8,10-15H2,1-2H3/t17-,19-/m0/s1. The lowest BCUT2D eigenvalue weighted by molar-refractivity contribution is -0.160. The first kappa shape index (κ1) is 18.3. The highest BCUT2D eigenvalue weighted by atomic mass is 16.5. The van der Waals surface area contributed by atoms with Crippen molar-refractivity contribution >= 4 is 5.91 Å². The van der Waals surface area contributed by atoms with Crippen molar-refractivity contribution in [3.8, 4) is 0 Å². The van der Waals surface area contributed by atoms with Gasteiger partial charge in [0.05, 0.1) is 18.4 Å². The molecule has 2 fully saturated rings. The molecule has 2 saturated heterocycles. The molecule has 0 bridgehead atoms. The number of aromatic nitrogens is 1. The van der Waals surface area contributed by atoms with Crippen LogP contribution in [-0.4, -0.2) is 73.8 Å². The molecule has 0 aromatic carbocycles. The molecule has 0 N–H and O–H groups in total. The molecule has 1 aromatic heterocycles. The maximum atomic E-state index is 11.8. The molecule has 138 valence electrons. The van der Waals surface area contributed by atoms with E-state index in [4.69, 9.17) is 9.47 Å². The third-order valence-electron chi connectivity index (χ3n) is 5.29. The highest BCUT2D eigenvalue weighted by Crippen LogP contribution is 2.40. The Bertz CT molecular complexity index is 566. The second kappa shape index (κ2) is 8.25. The number of carbonyl (C=O) groups excluding carboxylic acids is 1. The molecular formula is C19H29N3O3. The molecule has 0 unspecified atom stereocenters. The third-order valence-corrected chi connectivity index (χ3v) is 5.29. The van der Waals surface area contributed by atoms with Crippen LogP contribution >= 0.6 is 0 Å². The van der Waals surface area contributed by atoms with E-state index in [1.54, 1.807) is 19.0 Å². The number of rotatable bonds is 6. The number of nitrogens with zero attached hydrogens (tertiary/aromatic N) is 3. The van der Waals surface area contributed by atoms with Crippen LogP contribution in [0, 0.1) is 5.41 Å². The lowest BCUT2D eigenvalue weighted by atomic mass is 9.73. The summed E-state index contributed by atoms with van der Waals surface area (Å²) in [5.74, 6) is 0.00540. The maximum Gasteiger partial charge on any atom is 0.248 e. The van der Waals surface area contributed by atoms with Crippen molar-refractivity contribution in [2.75, 3.05) is 47.0 Å². The zero-order valence-corrected chi connectivity index (χ0v) is 15.3. The van der Waals surface area contributed by atoms with E-state index in [-0.39, 0.29) is 24.0 Å². The van der Waals surface area contributed by atoms with Crippen LogP contribution in [0.25, 0.3) is 0 Å². The predicted octanol–water partition coefficient (Wildman–Crippen LogP) is 1.56. The van der Waals surface area contributed by atoms with Gasteiger partial charge in [0, 0.05) is 51.9 Å². The van der Waals surface area contributed by atoms with Crippen LogP contribution in [0.1, 0.15) is 25.0 Å². The summed E-state index contributed by atoms with van der Waals surface area (Å²) in [6, 6.07) is 6.05. The summed E-state index contributed by atoms with van der Waals surface area (Å²) in [4.78, 5) is 20.3. The molecule has 3 rings (SSSR count). The van der Waals surface area contributed by atoms with Gasteiger partial charge in [-0.2, -0.15) is 0 Å². The number of fused-ring (bicyclic) bond motifs is 1. The highest BCUT2D eigenvalue weighted by molar-refractivity contribution is 5.76. The first-order valence-corrected chi connectivity index (χ1v) is 9.11. The number of hydrogen-bond donors (Lipinski definition) is 0. The Morgan fingerprint density at radius 1 is 1.48 bits per heavy atom. The van der Waals surface area contributed by atoms with Crippen molar-refractivity contribution in [3.63, 3.8) is 0 Å². The average Bonchev–Trinajstić information content (AvgIpc) is 2.62. The predicted molar refractivity (Wildman–Crippen MR) is 95.1 cm³/mol. The minimum Gasteiger partial charge on any atom is -0.377 e. The van der Waals surface area contributed by atoms with E-state index in [1.807, 2.05) is 18.3 Å². The summed E-state index contributed by atoms with van der Waals surface area (Å²) in [7, 11) is 3.51. The fraction of sp³-hybridized carbons (Fsp3) is 0.684. The van der Waals surface area contributed by atoms with Gasteiger partial charge >= 0.3 is 0 Å². The first-order chi connectivity index (χ1) is 12.1. The number of pyridine rings is 1. The molecule has 0 spiro atoms. The van der Waals surface area contributed by atoms with Gasteiger partial charge in [-0.3, -0.25) is 14.7 Å². The first-order valence-electron chi connectivity index (χ1n) is 9.11. The lowest BCUT2D eigenvalue weighted by Crippen LogP contribution is -2.56. The summed E-state index contributed by atoms with van der Waals surface area (Å²) >= 11 is 0. The van der Waals surface area contributed by atoms with Crippen LogP contribution in [0.4, 0.5) is 0 Å². The van der Waals surface area contributed by atoms with E-state index in [0.717, 1.165) is 51.2 Å². The van der Waals surface area contributed by atoms with E-state index in [0.29, 0.717) is 6.61 Å². The van der Waals surface area contributed by atoms with Crippen molar-refractivity contribution < 1.29 is 14.3 Å². The second-order valence-electron chi connectivity index (χ2n) is 7.43. The molecular weight excluding hydrogens is 318 g/mol. The van der Waals surface area contributed by atoms with Gasteiger partial charge in [0.15, 0.2) is 0 Å². The van der Waals surface area contributed by atoms with E-state index in [2.05, 4.69) is 16.0 Å². The summed E-state index contributed by atoms with van der Waals surface area (Å²) < 4.78 is 11.9. The number of carbonyl (C=O) groups is 1. The molecule has 1 amide bonds. The zero-order valence-electron chi connectivity index (χ0n) is 15.3. The van der Waals surface area contributed by atoms with Crippen molar-refractivity contribution in [1.82, 2.24) is 14.8 Å². The Morgan fingerprint density at radius 2 is 2.36 bits per heavy atom. The number of likely N-dealkylation sites (tertiary alicyclic amines) is 1. The smallest absolute Gasteiger partial charge is 0.248 e. The van der Waals surface area contributed by atoms with E-state index >= 15 is 0 Å². The topological polar surface area (TPSA) is 54.9 Å². The SMILES string of the molecule is CN(C)C(=O)COC[C@@]12CCCO[C@H]1CCN(Cc1ccccn1)C2. The Kier molecular flexibility index (Phi) is 6.04. The number of piperidine rings is 1.